The SMILES string of the molecule is Cc1c[nH]c(C(=O)N2CCC3(CC2)NC(=O)C[C@@H]3C(=O)O)c1. The van der Waals surface area contributed by atoms with Crippen molar-refractivity contribution < 1.29 is 19.5 Å². The number of piperidine rings is 1. The summed E-state index contributed by atoms with van der Waals surface area (Å²) in [5.74, 6) is -1.95. The first-order valence-corrected chi connectivity index (χ1v) is 7.39. The summed E-state index contributed by atoms with van der Waals surface area (Å²) in [6, 6.07) is 1.80. The van der Waals surface area contributed by atoms with E-state index in [0.29, 0.717) is 31.6 Å². The molecule has 7 heteroatoms. The Bertz CT molecular complexity index is 628. The van der Waals surface area contributed by atoms with Gasteiger partial charge in [-0.25, -0.2) is 0 Å². The van der Waals surface area contributed by atoms with Crippen molar-refractivity contribution in [2.24, 2.45) is 5.92 Å². The number of carbonyl (C=O) groups excluding carboxylic acids is 2. The first kappa shape index (κ1) is 14.6. The molecule has 2 aliphatic rings. The number of amides is 2. The summed E-state index contributed by atoms with van der Waals surface area (Å²) in [7, 11) is 0. The third kappa shape index (κ3) is 2.36. The first-order valence-electron chi connectivity index (χ1n) is 7.39. The zero-order valence-electron chi connectivity index (χ0n) is 12.4. The monoisotopic (exact) mass is 305 g/mol. The lowest BCUT2D eigenvalue weighted by atomic mass is 9.77. The maximum Gasteiger partial charge on any atom is 0.309 e. The number of aliphatic carboxylic acids is 1. The average Bonchev–Trinajstić information content (AvgIpc) is 3.03. The molecule has 7 nitrogen and oxygen atoms in total. The Morgan fingerprint density at radius 1 is 1.36 bits per heavy atom. The Balaban J connectivity index is 1.71. The van der Waals surface area contributed by atoms with E-state index in [4.69, 9.17) is 0 Å². The maximum atomic E-state index is 12.4. The van der Waals surface area contributed by atoms with Gasteiger partial charge in [-0.1, -0.05) is 0 Å². The fourth-order valence-electron chi connectivity index (χ4n) is 3.50. The van der Waals surface area contributed by atoms with Crippen LogP contribution in [0.4, 0.5) is 0 Å². The summed E-state index contributed by atoms with van der Waals surface area (Å²) in [6.45, 7) is 2.80. The molecule has 0 radical (unpaired) electrons. The number of hydrogen-bond donors (Lipinski definition) is 3. The smallest absolute Gasteiger partial charge is 0.309 e. The zero-order valence-corrected chi connectivity index (χ0v) is 12.4. The highest BCUT2D eigenvalue weighted by molar-refractivity contribution is 5.93. The van der Waals surface area contributed by atoms with Crippen molar-refractivity contribution in [2.45, 2.75) is 31.7 Å². The van der Waals surface area contributed by atoms with Crippen LogP contribution in [0.3, 0.4) is 0 Å². The molecule has 118 valence electrons. The molecule has 3 heterocycles. The van der Waals surface area contributed by atoms with Gasteiger partial charge in [0.2, 0.25) is 5.91 Å². The number of aryl methyl sites for hydroxylation is 1. The molecule has 0 aliphatic carbocycles. The van der Waals surface area contributed by atoms with E-state index in [2.05, 4.69) is 10.3 Å². The number of aromatic amines is 1. The minimum Gasteiger partial charge on any atom is -0.481 e. The van der Waals surface area contributed by atoms with Crippen molar-refractivity contribution >= 4 is 17.8 Å². The van der Waals surface area contributed by atoms with Gasteiger partial charge in [0, 0.05) is 25.7 Å². The molecule has 0 bridgehead atoms. The van der Waals surface area contributed by atoms with Crippen molar-refractivity contribution in [2.75, 3.05) is 13.1 Å². The van der Waals surface area contributed by atoms with Gasteiger partial charge in [0.15, 0.2) is 0 Å². The second-order valence-electron chi connectivity index (χ2n) is 6.18. The Labute approximate surface area is 127 Å². The van der Waals surface area contributed by atoms with Crippen LogP contribution in [0.5, 0.6) is 0 Å². The molecule has 1 spiro atoms. The highest BCUT2D eigenvalue weighted by atomic mass is 16.4. The molecule has 2 saturated heterocycles. The lowest BCUT2D eigenvalue weighted by Crippen LogP contribution is -2.56. The predicted octanol–water partition coefficient (Wildman–Crippen LogP) is 0.519. The second-order valence-corrected chi connectivity index (χ2v) is 6.18. The highest BCUT2D eigenvalue weighted by Crippen LogP contribution is 2.37. The van der Waals surface area contributed by atoms with Crippen LogP contribution >= 0.6 is 0 Å². The van der Waals surface area contributed by atoms with E-state index >= 15 is 0 Å². The van der Waals surface area contributed by atoms with Gasteiger partial charge in [0.25, 0.3) is 5.91 Å². The van der Waals surface area contributed by atoms with Crippen LogP contribution in [-0.2, 0) is 9.59 Å². The van der Waals surface area contributed by atoms with Gasteiger partial charge in [-0.05, 0) is 31.4 Å². The number of nitrogens with zero attached hydrogens (tertiary/aromatic N) is 1. The quantitative estimate of drug-likeness (QED) is 0.741. The summed E-state index contributed by atoms with van der Waals surface area (Å²) >= 11 is 0. The molecule has 2 amide bonds. The second kappa shape index (κ2) is 5.15. The molecule has 2 fully saturated rings. The Kier molecular flexibility index (Phi) is 3.42. The number of H-pyrrole nitrogens is 1. The van der Waals surface area contributed by atoms with Crippen LogP contribution < -0.4 is 5.32 Å². The van der Waals surface area contributed by atoms with E-state index in [1.54, 1.807) is 17.2 Å². The van der Waals surface area contributed by atoms with E-state index in [1.165, 1.54) is 0 Å². The van der Waals surface area contributed by atoms with Crippen LogP contribution in [0.1, 0.15) is 35.3 Å². The number of hydrogen-bond acceptors (Lipinski definition) is 3. The number of carboxylic acid groups (broad SMARTS) is 1. The summed E-state index contributed by atoms with van der Waals surface area (Å²) in [4.78, 5) is 40.0. The lowest BCUT2D eigenvalue weighted by molar-refractivity contribution is -0.144. The van der Waals surface area contributed by atoms with Crippen molar-refractivity contribution in [3.8, 4) is 0 Å². The molecule has 1 aromatic heterocycles. The van der Waals surface area contributed by atoms with Gasteiger partial charge in [-0.2, -0.15) is 0 Å². The van der Waals surface area contributed by atoms with Gasteiger partial charge in [0.1, 0.15) is 5.69 Å². The lowest BCUT2D eigenvalue weighted by Gasteiger charge is -2.41. The van der Waals surface area contributed by atoms with E-state index in [9.17, 15) is 19.5 Å². The van der Waals surface area contributed by atoms with E-state index in [0.717, 1.165) is 5.56 Å². The fourth-order valence-corrected chi connectivity index (χ4v) is 3.50. The molecule has 0 unspecified atom stereocenters. The van der Waals surface area contributed by atoms with E-state index in [1.807, 2.05) is 6.92 Å². The molecular formula is C15H19N3O4. The maximum absolute atomic E-state index is 12.4. The molecule has 3 N–H and O–H groups in total. The average molecular weight is 305 g/mol. The molecule has 1 aromatic rings. The van der Waals surface area contributed by atoms with Crippen molar-refractivity contribution in [3.05, 3.63) is 23.5 Å². The first-order chi connectivity index (χ1) is 10.4. The minimum absolute atomic E-state index is 0.0269. The number of likely N-dealkylation sites (tertiary alicyclic amines) is 1. The molecule has 0 aromatic carbocycles. The third-order valence-corrected chi connectivity index (χ3v) is 4.74. The standard InChI is InChI=1S/C15H19N3O4/c1-9-6-11(16-8-9)13(20)18-4-2-15(3-5-18)10(14(21)22)7-12(19)17-15/h6,8,10,16H,2-5,7H2,1H3,(H,17,19)(H,21,22)/t10-/m1/s1. The number of carboxylic acids is 1. The number of carbonyl (C=O) groups is 3. The molecule has 0 saturated carbocycles. The highest BCUT2D eigenvalue weighted by Gasteiger charge is 2.52. The Morgan fingerprint density at radius 3 is 2.59 bits per heavy atom. The number of rotatable bonds is 2. The summed E-state index contributed by atoms with van der Waals surface area (Å²) in [5, 5.41) is 12.2. The summed E-state index contributed by atoms with van der Waals surface area (Å²) < 4.78 is 0. The topological polar surface area (TPSA) is 103 Å². The van der Waals surface area contributed by atoms with Crippen molar-refractivity contribution in [1.29, 1.82) is 0 Å². The Hall–Kier alpha value is -2.31. The molecule has 22 heavy (non-hydrogen) atoms. The molecule has 1 atom stereocenters. The summed E-state index contributed by atoms with van der Waals surface area (Å²) in [5.41, 5.74) is 0.829. The van der Waals surface area contributed by atoms with Gasteiger partial charge in [-0.3, -0.25) is 14.4 Å². The molecule has 2 aliphatic heterocycles. The zero-order chi connectivity index (χ0) is 15.9. The van der Waals surface area contributed by atoms with Crippen LogP contribution in [0, 0.1) is 12.8 Å². The van der Waals surface area contributed by atoms with E-state index in [-0.39, 0.29) is 18.2 Å². The van der Waals surface area contributed by atoms with Crippen molar-refractivity contribution in [1.82, 2.24) is 15.2 Å². The molecular weight excluding hydrogens is 286 g/mol. The molecule has 3 rings (SSSR count). The Morgan fingerprint density at radius 2 is 2.05 bits per heavy atom. The van der Waals surface area contributed by atoms with Gasteiger partial charge in [0.05, 0.1) is 11.5 Å². The van der Waals surface area contributed by atoms with Crippen LogP contribution in [0.25, 0.3) is 0 Å². The predicted molar refractivity (Wildman–Crippen MR) is 77.3 cm³/mol. The normalized spacial score (nSPS) is 23.6. The van der Waals surface area contributed by atoms with Crippen LogP contribution in [0.15, 0.2) is 12.3 Å². The van der Waals surface area contributed by atoms with Gasteiger partial charge < -0.3 is 20.3 Å². The van der Waals surface area contributed by atoms with Crippen LogP contribution in [0.2, 0.25) is 0 Å². The van der Waals surface area contributed by atoms with Gasteiger partial charge >= 0.3 is 5.97 Å². The van der Waals surface area contributed by atoms with Crippen LogP contribution in [-0.4, -0.2) is 51.4 Å². The fraction of sp³-hybridized carbons (Fsp3) is 0.533. The number of nitrogens with one attached hydrogen (secondary N) is 2. The largest absolute Gasteiger partial charge is 0.481 e. The van der Waals surface area contributed by atoms with Gasteiger partial charge in [-0.15, -0.1) is 0 Å². The van der Waals surface area contributed by atoms with Crippen molar-refractivity contribution in [3.63, 3.8) is 0 Å². The van der Waals surface area contributed by atoms with E-state index < -0.39 is 17.4 Å². The number of aromatic nitrogens is 1. The third-order valence-electron chi connectivity index (χ3n) is 4.74. The minimum atomic E-state index is -0.946. The summed E-state index contributed by atoms with van der Waals surface area (Å²) in [6.07, 6.45) is 2.75.